The number of carbonyl (C=O) groups excluding carboxylic acids is 3. The first-order valence-electron chi connectivity index (χ1n) is 10.9. The Balaban J connectivity index is 2.01. The molecule has 0 fully saturated rings. The maximum Gasteiger partial charge on any atom is 0.336 e. The molecule has 6 nitrogen and oxygen atoms in total. The quantitative estimate of drug-likeness (QED) is 0.366. The number of ether oxygens (including phenoxy) is 2. The van der Waals surface area contributed by atoms with Crippen molar-refractivity contribution in [2.45, 2.75) is 53.4 Å². The number of Topliss-reactive ketones (excluding diaryl/α,β-unsaturated/α-hetero) is 1. The Morgan fingerprint density at radius 2 is 1.88 bits per heavy atom. The van der Waals surface area contributed by atoms with Crippen molar-refractivity contribution in [1.29, 1.82) is 0 Å². The molecule has 0 radical (unpaired) electrons. The number of thioether (sulfide) groups is 1. The average Bonchev–Trinajstić information content (AvgIpc) is 2.69. The Morgan fingerprint density at radius 1 is 1.19 bits per heavy atom. The lowest BCUT2D eigenvalue weighted by atomic mass is 9.68. The van der Waals surface area contributed by atoms with Gasteiger partial charge in [-0.3, -0.25) is 9.59 Å². The first-order chi connectivity index (χ1) is 15.1. The Hall–Kier alpha value is -2.54. The van der Waals surface area contributed by atoms with E-state index in [1.165, 1.54) is 6.92 Å². The zero-order valence-corrected chi connectivity index (χ0v) is 20.2. The number of allylic oxidation sites excluding steroid dienone is 3. The van der Waals surface area contributed by atoms with E-state index in [4.69, 9.17) is 9.47 Å². The highest BCUT2D eigenvalue weighted by Gasteiger charge is 2.43. The molecule has 0 saturated heterocycles. The van der Waals surface area contributed by atoms with Crippen molar-refractivity contribution in [2.75, 3.05) is 18.1 Å². The van der Waals surface area contributed by atoms with Crippen LogP contribution in [0.4, 0.5) is 0 Å². The molecule has 1 aliphatic carbocycles. The van der Waals surface area contributed by atoms with Gasteiger partial charge in [0.25, 0.3) is 0 Å². The van der Waals surface area contributed by atoms with Gasteiger partial charge in [-0.1, -0.05) is 32.9 Å². The standard InChI is InChI=1S/C25H31NO5S/c1-6-32-12-11-30-24(29)21-15(2)26-19-13-25(4,5)14-20(28)23(19)22(21)17-7-9-18(10-8-17)31-16(3)27/h7-10,22,26H,6,11-14H2,1-5H3. The van der Waals surface area contributed by atoms with Gasteiger partial charge in [0, 0.05) is 42.0 Å². The first-order valence-corrected chi connectivity index (χ1v) is 12.1. The van der Waals surface area contributed by atoms with E-state index in [0.717, 1.165) is 29.2 Å². The van der Waals surface area contributed by atoms with Gasteiger partial charge in [0.15, 0.2) is 5.78 Å². The molecule has 1 heterocycles. The van der Waals surface area contributed by atoms with Crippen LogP contribution in [0.2, 0.25) is 0 Å². The molecule has 32 heavy (non-hydrogen) atoms. The lowest BCUT2D eigenvalue weighted by Crippen LogP contribution is -2.38. The van der Waals surface area contributed by atoms with Crippen LogP contribution >= 0.6 is 11.8 Å². The van der Waals surface area contributed by atoms with E-state index in [0.29, 0.717) is 35.6 Å². The summed E-state index contributed by atoms with van der Waals surface area (Å²) < 4.78 is 10.7. The second-order valence-corrected chi connectivity index (χ2v) is 10.3. The van der Waals surface area contributed by atoms with E-state index >= 15 is 0 Å². The third-order valence-corrected chi connectivity index (χ3v) is 6.46. The van der Waals surface area contributed by atoms with Gasteiger partial charge in [-0.25, -0.2) is 4.79 Å². The number of dihydropyridines is 1. The minimum absolute atomic E-state index is 0.0390. The lowest BCUT2D eigenvalue weighted by Gasteiger charge is -2.39. The maximum atomic E-state index is 13.3. The molecular weight excluding hydrogens is 426 g/mol. The lowest BCUT2D eigenvalue weighted by molar-refractivity contribution is -0.138. The molecule has 0 aromatic heterocycles. The highest BCUT2D eigenvalue weighted by atomic mass is 32.2. The van der Waals surface area contributed by atoms with Gasteiger partial charge < -0.3 is 14.8 Å². The summed E-state index contributed by atoms with van der Waals surface area (Å²) in [7, 11) is 0. The Bertz CT molecular complexity index is 975. The van der Waals surface area contributed by atoms with Gasteiger partial charge in [-0.05, 0) is 42.2 Å². The molecule has 1 unspecified atom stereocenters. The molecule has 1 atom stereocenters. The molecule has 0 saturated carbocycles. The van der Waals surface area contributed by atoms with Gasteiger partial charge in [0.1, 0.15) is 12.4 Å². The minimum atomic E-state index is -0.521. The molecule has 1 aromatic carbocycles. The summed E-state index contributed by atoms with van der Waals surface area (Å²) >= 11 is 1.71. The predicted octanol–water partition coefficient (Wildman–Crippen LogP) is 4.51. The van der Waals surface area contributed by atoms with E-state index in [9.17, 15) is 14.4 Å². The maximum absolute atomic E-state index is 13.3. The minimum Gasteiger partial charge on any atom is -0.461 e. The molecule has 1 aromatic rings. The van der Waals surface area contributed by atoms with Crippen molar-refractivity contribution in [2.24, 2.45) is 5.41 Å². The molecule has 1 N–H and O–H groups in total. The van der Waals surface area contributed by atoms with Crippen LogP contribution in [0, 0.1) is 5.41 Å². The Morgan fingerprint density at radius 3 is 2.50 bits per heavy atom. The zero-order chi connectivity index (χ0) is 23.5. The highest BCUT2D eigenvalue weighted by molar-refractivity contribution is 7.99. The largest absolute Gasteiger partial charge is 0.461 e. The highest BCUT2D eigenvalue weighted by Crippen LogP contribution is 2.46. The number of ketones is 1. The van der Waals surface area contributed by atoms with Gasteiger partial charge in [0.2, 0.25) is 0 Å². The summed E-state index contributed by atoms with van der Waals surface area (Å²) in [6.45, 7) is 9.73. The summed E-state index contributed by atoms with van der Waals surface area (Å²) in [5, 5.41) is 3.34. The van der Waals surface area contributed by atoms with Gasteiger partial charge in [-0.2, -0.15) is 11.8 Å². The summed E-state index contributed by atoms with van der Waals surface area (Å²) in [5.74, 6) is 0.805. The van der Waals surface area contributed by atoms with E-state index in [-0.39, 0.29) is 11.2 Å². The SMILES string of the molecule is CCSCCOC(=O)C1=C(C)NC2=C(C(=O)CC(C)(C)C2)C1c1ccc(OC(C)=O)cc1. The third kappa shape index (κ3) is 5.44. The monoisotopic (exact) mass is 457 g/mol. The summed E-state index contributed by atoms with van der Waals surface area (Å²) in [5.41, 5.74) is 3.30. The number of hydrogen-bond donors (Lipinski definition) is 1. The second-order valence-electron chi connectivity index (χ2n) is 8.93. The fourth-order valence-electron chi connectivity index (χ4n) is 4.35. The van der Waals surface area contributed by atoms with Crippen LogP contribution in [0.3, 0.4) is 0 Å². The molecule has 1 aliphatic heterocycles. The molecule has 0 amide bonds. The number of carbonyl (C=O) groups is 3. The third-order valence-electron chi connectivity index (χ3n) is 5.60. The summed E-state index contributed by atoms with van der Waals surface area (Å²) in [4.78, 5) is 37.7. The van der Waals surface area contributed by atoms with Crippen LogP contribution < -0.4 is 10.1 Å². The molecule has 0 bridgehead atoms. The van der Waals surface area contributed by atoms with E-state index in [1.807, 2.05) is 6.92 Å². The zero-order valence-electron chi connectivity index (χ0n) is 19.4. The van der Waals surface area contributed by atoms with Crippen molar-refractivity contribution < 1.29 is 23.9 Å². The Kier molecular flexibility index (Phi) is 7.49. The summed E-state index contributed by atoms with van der Waals surface area (Å²) in [6, 6.07) is 6.98. The van der Waals surface area contributed by atoms with Crippen LogP contribution in [0.25, 0.3) is 0 Å². The predicted molar refractivity (Wildman–Crippen MR) is 125 cm³/mol. The van der Waals surface area contributed by atoms with Crippen LogP contribution in [0.15, 0.2) is 46.8 Å². The van der Waals surface area contributed by atoms with Crippen LogP contribution in [-0.2, 0) is 19.1 Å². The molecule has 0 spiro atoms. The van der Waals surface area contributed by atoms with Crippen molar-refractivity contribution in [3.63, 3.8) is 0 Å². The van der Waals surface area contributed by atoms with Crippen LogP contribution in [0.5, 0.6) is 5.75 Å². The van der Waals surface area contributed by atoms with Crippen molar-refractivity contribution in [3.05, 3.63) is 52.4 Å². The van der Waals surface area contributed by atoms with Crippen molar-refractivity contribution in [1.82, 2.24) is 5.32 Å². The van der Waals surface area contributed by atoms with Crippen molar-refractivity contribution >= 4 is 29.5 Å². The molecule has 3 rings (SSSR count). The smallest absolute Gasteiger partial charge is 0.336 e. The fraction of sp³-hybridized carbons (Fsp3) is 0.480. The molecule has 7 heteroatoms. The van der Waals surface area contributed by atoms with Crippen LogP contribution in [0.1, 0.15) is 58.9 Å². The second kappa shape index (κ2) is 9.94. The average molecular weight is 458 g/mol. The number of esters is 2. The molecule has 172 valence electrons. The first kappa shape index (κ1) is 24.1. The molecule has 2 aliphatic rings. The van der Waals surface area contributed by atoms with Gasteiger partial charge in [-0.15, -0.1) is 0 Å². The summed E-state index contributed by atoms with van der Waals surface area (Å²) in [6.07, 6.45) is 1.15. The van der Waals surface area contributed by atoms with Crippen LogP contribution in [-0.4, -0.2) is 35.8 Å². The van der Waals surface area contributed by atoms with Crippen molar-refractivity contribution in [3.8, 4) is 5.75 Å². The molecular formula is C25H31NO5S. The number of rotatable bonds is 7. The van der Waals surface area contributed by atoms with Gasteiger partial charge in [0.05, 0.1) is 5.57 Å². The van der Waals surface area contributed by atoms with E-state index in [1.54, 1.807) is 36.0 Å². The number of nitrogens with one attached hydrogen (secondary N) is 1. The van der Waals surface area contributed by atoms with E-state index < -0.39 is 17.9 Å². The number of benzene rings is 1. The van der Waals surface area contributed by atoms with Gasteiger partial charge >= 0.3 is 11.9 Å². The fourth-order valence-corrected chi connectivity index (χ4v) is 4.84. The topological polar surface area (TPSA) is 81.7 Å². The normalized spacial score (nSPS) is 19.9. The van der Waals surface area contributed by atoms with E-state index in [2.05, 4.69) is 26.1 Å². The number of hydrogen-bond acceptors (Lipinski definition) is 7. The Labute approximate surface area is 193 Å².